The molecule has 0 saturated carbocycles. The van der Waals surface area contributed by atoms with Crippen LogP contribution in [0, 0.1) is 17.0 Å². The zero-order chi connectivity index (χ0) is 17.1. The van der Waals surface area contributed by atoms with Gasteiger partial charge in [-0.2, -0.15) is 5.10 Å². The molecular formula is C18H17N3O3. The maximum absolute atomic E-state index is 12.2. The summed E-state index contributed by atoms with van der Waals surface area (Å²) in [5, 5.41) is 15.1. The van der Waals surface area contributed by atoms with Crippen molar-refractivity contribution in [1.82, 2.24) is 5.43 Å². The zero-order valence-corrected chi connectivity index (χ0v) is 13.3. The van der Waals surface area contributed by atoms with E-state index in [2.05, 4.69) is 16.6 Å². The Morgan fingerprint density at radius 2 is 2.00 bits per heavy atom. The number of carbonyl (C=O) groups excluding carboxylic acids is 1. The summed E-state index contributed by atoms with van der Waals surface area (Å²) in [4.78, 5) is 22.6. The molecule has 0 unspecified atom stereocenters. The van der Waals surface area contributed by atoms with Crippen molar-refractivity contribution in [3.63, 3.8) is 0 Å². The Morgan fingerprint density at radius 1 is 1.21 bits per heavy atom. The Balaban J connectivity index is 1.79. The maximum atomic E-state index is 12.2. The second-order valence-electron chi connectivity index (χ2n) is 5.77. The summed E-state index contributed by atoms with van der Waals surface area (Å²) in [5.74, 6) is -0.372. The van der Waals surface area contributed by atoms with Crippen molar-refractivity contribution in [2.24, 2.45) is 5.10 Å². The van der Waals surface area contributed by atoms with Crippen molar-refractivity contribution in [1.29, 1.82) is 0 Å². The Bertz CT molecular complexity index is 843. The lowest BCUT2D eigenvalue weighted by Crippen LogP contribution is -2.22. The van der Waals surface area contributed by atoms with Crippen molar-refractivity contribution < 1.29 is 9.72 Å². The van der Waals surface area contributed by atoms with Crippen molar-refractivity contribution in [2.75, 3.05) is 0 Å². The van der Waals surface area contributed by atoms with Crippen molar-refractivity contribution in [3.05, 3.63) is 74.8 Å². The third-order valence-corrected chi connectivity index (χ3v) is 4.14. The first-order valence-electron chi connectivity index (χ1n) is 7.76. The minimum Gasteiger partial charge on any atom is -0.267 e. The Kier molecular flexibility index (Phi) is 4.37. The highest BCUT2D eigenvalue weighted by atomic mass is 16.6. The van der Waals surface area contributed by atoms with E-state index in [1.165, 1.54) is 23.8 Å². The number of aryl methyl sites for hydroxylation is 2. The van der Waals surface area contributed by atoms with Gasteiger partial charge >= 0.3 is 0 Å². The quantitative estimate of drug-likeness (QED) is 0.694. The molecule has 24 heavy (non-hydrogen) atoms. The van der Waals surface area contributed by atoms with Gasteiger partial charge in [0.2, 0.25) is 0 Å². The van der Waals surface area contributed by atoms with Gasteiger partial charge in [0.05, 0.1) is 10.6 Å². The van der Waals surface area contributed by atoms with Crippen LogP contribution < -0.4 is 5.43 Å². The molecule has 6 nitrogen and oxygen atoms in total. The first-order valence-corrected chi connectivity index (χ1v) is 7.76. The third-order valence-electron chi connectivity index (χ3n) is 4.14. The Hall–Kier alpha value is -3.02. The maximum Gasteiger partial charge on any atom is 0.272 e. The monoisotopic (exact) mass is 323 g/mol. The summed E-state index contributed by atoms with van der Waals surface area (Å²) in [6.07, 6.45) is 2.84. The number of hydrazone groups is 1. The van der Waals surface area contributed by atoms with Crippen molar-refractivity contribution in [3.8, 4) is 0 Å². The van der Waals surface area contributed by atoms with Crippen LogP contribution in [0.2, 0.25) is 0 Å². The standard InChI is InChI=1S/C18H17N3O3/c1-12-11-14(9-10-17(12)21(23)24)18(22)20-19-16-8-4-6-13-5-2-3-7-15(13)16/h2-3,5,7,9-11H,4,6,8H2,1H3,(H,20,22)/b19-16+. The highest BCUT2D eigenvalue weighted by Gasteiger charge is 2.16. The lowest BCUT2D eigenvalue weighted by atomic mass is 9.90. The fourth-order valence-electron chi connectivity index (χ4n) is 2.90. The normalized spacial score (nSPS) is 15.0. The summed E-state index contributed by atoms with van der Waals surface area (Å²) in [6, 6.07) is 12.3. The topological polar surface area (TPSA) is 84.6 Å². The fraction of sp³-hybridized carbons (Fsp3) is 0.222. The van der Waals surface area contributed by atoms with E-state index < -0.39 is 4.92 Å². The number of hydrogen-bond acceptors (Lipinski definition) is 4. The minimum atomic E-state index is -0.462. The van der Waals surface area contributed by atoms with Crippen LogP contribution in [0.1, 0.15) is 39.9 Å². The zero-order valence-electron chi connectivity index (χ0n) is 13.3. The van der Waals surface area contributed by atoms with Gasteiger partial charge in [-0.3, -0.25) is 14.9 Å². The second-order valence-corrected chi connectivity index (χ2v) is 5.77. The van der Waals surface area contributed by atoms with Gasteiger partial charge in [0.25, 0.3) is 11.6 Å². The second kappa shape index (κ2) is 6.62. The van der Waals surface area contributed by atoms with Crippen LogP contribution in [-0.2, 0) is 6.42 Å². The van der Waals surface area contributed by atoms with Gasteiger partial charge < -0.3 is 0 Å². The molecule has 0 aliphatic heterocycles. The van der Waals surface area contributed by atoms with Crippen LogP contribution in [0.25, 0.3) is 0 Å². The van der Waals surface area contributed by atoms with Crippen LogP contribution in [0.15, 0.2) is 47.6 Å². The molecule has 0 radical (unpaired) electrons. The first kappa shape index (κ1) is 15.9. The molecule has 0 aromatic heterocycles. The lowest BCUT2D eigenvalue weighted by molar-refractivity contribution is -0.385. The molecule has 3 rings (SSSR count). The molecule has 1 amide bonds. The van der Waals surface area contributed by atoms with Gasteiger partial charge in [-0.1, -0.05) is 24.3 Å². The predicted octanol–water partition coefficient (Wildman–Crippen LogP) is 3.37. The van der Waals surface area contributed by atoms with Gasteiger partial charge in [-0.25, -0.2) is 5.43 Å². The van der Waals surface area contributed by atoms with E-state index in [0.717, 1.165) is 30.5 Å². The fourth-order valence-corrected chi connectivity index (χ4v) is 2.90. The van der Waals surface area contributed by atoms with E-state index in [9.17, 15) is 14.9 Å². The third kappa shape index (κ3) is 3.17. The molecule has 6 heteroatoms. The number of amides is 1. The largest absolute Gasteiger partial charge is 0.272 e. The molecule has 0 atom stereocenters. The van der Waals surface area contributed by atoms with E-state index in [4.69, 9.17) is 0 Å². The summed E-state index contributed by atoms with van der Waals surface area (Å²) in [7, 11) is 0. The van der Waals surface area contributed by atoms with Crippen LogP contribution >= 0.6 is 0 Å². The van der Waals surface area contributed by atoms with Crippen LogP contribution in [0.5, 0.6) is 0 Å². The average Bonchev–Trinajstić information content (AvgIpc) is 2.59. The van der Waals surface area contributed by atoms with Crippen molar-refractivity contribution >= 4 is 17.3 Å². The number of hydrogen-bond donors (Lipinski definition) is 1. The smallest absolute Gasteiger partial charge is 0.267 e. The first-order chi connectivity index (χ1) is 11.6. The van der Waals surface area contributed by atoms with E-state index in [1.807, 2.05) is 18.2 Å². The molecule has 122 valence electrons. The predicted molar refractivity (Wildman–Crippen MR) is 91.2 cm³/mol. The van der Waals surface area contributed by atoms with Gasteiger partial charge in [0.15, 0.2) is 0 Å². The summed E-state index contributed by atoms with van der Waals surface area (Å²) in [6.45, 7) is 1.61. The SMILES string of the molecule is Cc1cc(C(=O)N/N=C2\CCCc3ccccc32)ccc1[N+](=O)[O-]. The highest BCUT2D eigenvalue weighted by molar-refractivity contribution is 6.04. The van der Waals surface area contributed by atoms with Crippen LogP contribution in [-0.4, -0.2) is 16.5 Å². The highest BCUT2D eigenvalue weighted by Crippen LogP contribution is 2.21. The Labute approximate surface area is 139 Å². The number of rotatable bonds is 3. The molecule has 1 N–H and O–H groups in total. The molecule has 0 heterocycles. The van der Waals surface area contributed by atoms with E-state index in [0.29, 0.717) is 11.1 Å². The molecule has 1 aliphatic rings. The molecule has 2 aromatic carbocycles. The van der Waals surface area contributed by atoms with E-state index >= 15 is 0 Å². The summed E-state index contributed by atoms with van der Waals surface area (Å²) < 4.78 is 0. The average molecular weight is 323 g/mol. The Morgan fingerprint density at radius 3 is 2.75 bits per heavy atom. The molecular weight excluding hydrogens is 306 g/mol. The molecule has 0 saturated heterocycles. The molecule has 1 aliphatic carbocycles. The van der Waals surface area contributed by atoms with E-state index in [-0.39, 0.29) is 11.6 Å². The summed E-state index contributed by atoms with van der Waals surface area (Å²) in [5.41, 5.74) is 6.54. The lowest BCUT2D eigenvalue weighted by Gasteiger charge is -2.17. The summed E-state index contributed by atoms with van der Waals surface area (Å²) >= 11 is 0. The molecule has 0 fully saturated rings. The van der Waals surface area contributed by atoms with Crippen LogP contribution in [0.4, 0.5) is 5.69 Å². The number of nitro groups is 1. The number of nitrogens with one attached hydrogen (secondary N) is 1. The van der Waals surface area contributed by atoms with Gasteiger partial charge in [0.1, 0.15) is 0 Å². The van der Waals surface area contributed by atoms with Gasteiger partial charge in [0, 0.05) is 22.8 Å². The van der Waals surface area contributed by atoms with E-state index in [1.54, 1.807) is 6.92 Å². The number of carbonyl (C=O) groups is 1. The van der Waals surface area contributed by atoms with Crippen LogP contribution in [0.3, 0.4) is 0 Å². The van der Waals surface area contributed by atoms with Crippen molar-refractivity contribution in [2.45, 2.75) is 26.2 Å². The molecule has 2 aromatic rings. The minimum absolute atomic E-state index is 0.000860. The van der Waals surface area contributed by atoms with Gasteiger partial charge in [-0.15, -0.1) is 0 Å². The number of benzene rings is 2. The molecule has 0 spiro atoms. The number of fused-ring (bicyclic) bond motifs is 1. The van der Waals surface area contributed by atoms with Gasteiger partial charge in [-0.05, 0) is 43.9 Å². The molecule has 0 bridgehead atoms. The number of nitro benzene ring substituents is 1. The number of nitrogens with zero attached hydrogens (tertiary/aromatic N) is 2.